The van der Waals surface area contributed by atoms with Crippen molar-refractivity contribution in [1.82, 2.24) is 9.78 Å². The largest absolute Gasteiger partial charge is 0.454 e. The third-order valence-electron chi connectivity index (χ3n) is 4.00. The van der Waals surface area contributed by atoms with E-state index in [1.54, 1.807) is 18.2 Å². The molecule has 24 heavy (non-hydrogen) atoms. The summed E-state index contributed by atoms with van der Waals surface area (Å²) in [7, 11) is 0. The summed E-state index contributed by atoms with van der Waals surface area (Å²) < 4.78 is 12.4. The van der Waals surface area contributed by atoms with Crippen LogP contribution < -0.4 is 14.8 Å². The van der Waals surface area contributed by atoms with Crippen LogP contribution in [0.25, 0.3) is 10.9 Å². The number of hydrogen-bond donors (Lipinski definition) is 1. The van der Waals surface area contributed by atoms with Crippen LogP contribution in [0.4, 0.5) is 5.69 Å². The van der Waals surface area contributed by atoms with Crippen LogP contribution in [0, 0.1) is 6.92 Å². The van der Waals surface area contributed by atoms with Crippen molar-refractivity contribution < 1.29 is 14.3 Å². The molecular formula is C18H17N3O3. The number of anilines is 1. The fourth-order valence-electron chi connectivity index (χ4n) is 2.79. The van der Waals surface area contributed by atoms with E-state index in [9.17, 15) is 4.79 Å². The van der Waals surface area contributed by atoms with Gasteiger partial charge in [-0.15, -0.1) is 0 Å². The van der Waals surface area contributed by atoms with Gasteiger partial charge in [0.15, 0.2) is 11.5 Å². The molecule has 0 spiro atoms. The fraction of sp³-hybridized carbons (Fsp3) is 0.222. The lowest BCUT2D eigenvalue weighted by molar-refractivity contribution is -0.116. The van der Waals surface area contributed by atoms with Crippen LogP contribution in [0.15, 0.2) is 42.6 Å². The van der Waals surface area contributed by atoms with Gasteiger partial charge in [-0.25, -0.2) is 0 Å². The Morgan fingerprint density at radius 3 is 3.00 bits per heavy atom. The number of carbonyl (C=O) groups excluding carboxylic acids is 1. The zero-order chi connectivity index (χ0) is 16.5. The van der Waals surface area contributed by atoms with Crippen molar-refractivity contribution in [2.45, 2.75) is 19.9 Å². The number of fused-ring (bicyclic) bond motifs is 2. The minimum atomic E-state index is -0.0652. The topological polar surface area (TPSA) is 65.4 Å². The van der Waals surface area contributed by atoms with E-state index in [4.69, 9.17) is 9.47 Å². The summed E-state index contributed by atoms with van der Waals surface area (Å²) in [6.45, 7) is 2.80. The Labute approximate surface area is 139 Å². The maximum absolute atomic E-state index is 12.2. The van der Waals surface area contributed by atoms with Gasteiger partial charge >= 0.3 is 0 Å². The normalized spacial score (nSPS) is 12.5. The molecule has 0 atom stereocenters. The van der Waals surface area contributed by atoms with Gasteiger partial charge < -0.3 is 14.8 Å². The number of hydrogen-bond acceptors (Lipinski definition) is 4. The lowest BCUT2D eigenvalue weighted by Gasteiger charge is -2.07. The van der Waals surface area contributed by atoms with Crippen molar-refractivity contribution in [3.8, 4) is 11.5 Å². The molecule has 0 bridgehead atoms. The van der Waals surface area contributed by atoms with Gasteiger partial charge in [-0.2, -0.15) is 5.10 Å². The lowest BCUT2D eigenvalue weighted by Crippen LogP contribution is -2.14. The average molecular weight is 323 g/mol. The predicted octanol–water partition coefficient (Wildman–Crippen LogP) is 3.10. The van der Waals surface area contributed by atoms with Crippen molar-refractivity contribution in [1.29, 1.82) is 0 Å². The Balaban J connectivity index is 1.41. The van der Waals surface area contributed by atoms with Crippen LogP contribution in [0.1, 0.15) is 12.0 Å². The highest BCUT2D eigenvalue weighted by Crippen LogP contribution is 2.34. The Morgan fingerprint density at radius 1 is 1.21 bits per heavy atom. The maximum Gasteiger partial charge on any atom is 0.231 e. The van der Waals surface area contributed by atoms with Gasteiger partial charge in [0.2, 0.25) is 12.7 Å². The molecule has 6 heteroatoms. The standard InChI is InChI=1S/C18H17N3O3/c1-12-2-4-15-13(8-12)10-19-21(15)7-6-18(22)20-14-3-5-16-17(9-14)24-11-23-16/h2-5,8-10H,6-7,11H2,1H3,(H,20,22). The number of amides is 1. The number of carbonyl (C=O) groups is 1. The Kier molecular flexibility index (Phi) is 3.57. The Hall–Kier alpha value is -3.02. The second-order valence-electron chi connectivity index (χ2n) is 5.80. The first-order valence-corrected chi connectivity index (χ1v) is 7.81. The Morgan fingerprint density at radius 2 is 2.08 bits per heavy atom. The smallest absolute Gasteiger partial charge is 0.231 e. The summed E-state index contributed by atoms with van der Waals surface area (Å²) in [6, 6.07) is 11.5. The van der Waals surface area contributed by atoms with Crippen LogP contribution in [0.2, 0.25) is 0 Å². The quantitative estimate of drug-likeness (QED) is 0.801. The van der Waals surface area contributed by atoms with E-state index >= 15 is 0 Å². The number of benzene rings is 2. The number of aryl methyl sites for hydroxylation is 2. The van der Waals surface area contributed by atoms with E-state index in [0.717, 1.165) is 10.9 Å². The summed E-state index contributed by atoms with van der Waals surface area (Å²) >= 11 is 0. The summed E-state index contributed by atoms with van der Waals surface area (Å²) in [5.74, 6) is 1.29. The molecular weight excluding hydrogens is 306 g/mol. The molecule has 2 aromatic carbocycles. The summed E-state index contributed by atoms with van der Waals surface area (Å²) in [5, 5.41) is 8.33. The molecule has 122 valence electrons. The number of nitrogens with zero attached hydrogens (tertiary/aromatic N) is 2. The molecule has 0 aliphatic carbocycles. The van der Waals surface area contributed by atoms with E-state index in [-0.39, 0.29) is 12.7 Å². The van der Waals surface area contributed by atoms with Crippen molar-refractivity contribution in [2.75, 3.05) is 12.1 Å². The summed E-state index contributed by atoms with van der Waals surface area (Å²) in [6.07, 6.45) is 2.18. The van der Waals surface area contributed by atoms with Crippen molar-refractivity contribution in [3.05, 3.63) is 48.2 Å². The van der Waals surface area contributed by atoms with E-state index in [1.807, 2.05) is 23.0 Å². The zero-order valence-corrected chi connectivity index (χ0v) is 13.3. The van der Waals surface area contributed by atoms with Gasteiger partial charge in [-0.3, -0.25) is 9.48 Å². The second kappa shape index (κ2) is 5.88. The molecule has 0 saturated carbocycles. The van der Waals surface area contributed by atoms with Gasteiger partial charge in [0.1, 0.15) is 0 Å². The molecule has 1 N–H and O–H groups in total. The van der Waals surface area contributed by atoms with Gasteiger partial charge in [0, 0.05) is 23.6 Å². The van der Waals surface area contributed by atoms with Crippen LogP contribution in [0.3, 0.4) is 0 Å². The molecule has 1 aromatic heterocycles. The minimum absolute atomic E-state index is 0.0652. The maximum atomic E-state index is 12.2. The first-order valence-electron chi connectivity index (χ1n) is 7.81. The Bertz CT molecular complexity index is 917. The highest BCUT2D eigenvalue weighted by Gasteiger charge is 2.14. The van der Waals surface area contributed by atoms with E-state index < -0.39 is 0 Å². The van der Waals surface area contributed by atoms with Crippen LogP contribution in [-0.4, -0.2) is 22.5 Å². The van der Waals surface area contributed by atoms with Gasteiger partial charge in [0.05, 0.1) is 18.3 Å². The SMILES string of the molecule is Cc1ccc2c(cnn2CCC(=O)Nc2ccc3c(c2)OCO3)c1. The number of ether oxygens (including phenoxy) is 2. The minimum Gasteiger partial charge on any atom is -0.454 e. The number of rotatable bonds is 4. The van der Waals surface area contributed by atoms with E-state index in [0.29, 0.717) is 30.2 Å². The first-order chi connectivity index (χ1) is 11.7. The molecule has 3 aromatic rings. The molecule has 0 fully saturated rings. The average Bonchev–Trinajstić information content (AvgIpc) is 3.18. The highest BCUT2D eigenvalue weighted by molar-refractivity contribution is 5.91. The number of nitrogens with one attached hydrogen (secondary N) is 1. The lowest BCUT2D eigenvalue weighted by atomic mass is 10.2. The fourth-order valence-corrected chi connectivity index (χ4v) is 2.79. The molecule has 1 amide bonds. The van der Waals surface area contributed by atoms with Crippen LogP contribution in [0.5, 0.6) is 11.5 Å². The molecule has 0 unspecified atom stereocenters. The summed E-state index contributed by atoms with van der Waals surface area (Å²) in [5.41, 5.74) is 2.93. The third kappa shape index (κ3) is 2.78. The molecule has 6 nitrogen and oxygen atoms in total. The van der Waals surface area contributed by atoms with Crippen LogP contribution >= 0.6 is 0 Å². The van der Waals surface area contributed by atoms with Crippen molar-refractivity contribution >= 4 is 22.5 Å². The third-order valence-corrected chi connectivity index (χ3v) is 4.00. The van der Waals surface area contributed by atoms with E-state index in [1.165, 1.54) is 5.56 Å². The van der Waals surface area contributed by atoms with Gasteiger partial charge in [-0.1, -0.05) is 11.6 Å². The number of aromatic nitrogens is 2. The second-order valence-corrected chi connectivity index (χ2v) is 5.80. The molecule has 0 radical (unpaired) electrons. The van der Waals surface area contributed by atoms with Gasteiger partial charge in [0.25, 0.3) is 0 Å². The highest BCUT2D eigenvalue weighted by atomic mass is 16.7. The predicted molar refractivity (Wildman–Crippen MR) is 90.3 cm³/mol. The van der Waals surface area contributed by atoms with Crippen molar-refractivity contribution in [3.63, 3.8) is 0 Å². The van der Waals surface area contributed by atoms with Crippen molar-refractivity contribution in [2.24, 2.45) is 0 Å². The molecule has 0 saturated heterocycles. The summed E-state index contributed by atoms with van der Waals surface area (Å²) in [4.78, 5) is 12.2. The molecule has 1 aliphatic rings. The zero-order valence-electron chi connectivity index (χ0n) is 13.3. The van der Waals surface area contributed by atoms with Crippen LogP contribution in [-0.2, 0) is 11.3 Å². The van der Waals surface area contributed by atoms with Gasteiger partial charge in [-0.05, 0) is 31.2 Å². The first kappa shape index (κ1) is 14.6. The van der Waals surface area contributed by atoms with E-state index in [2.05, 4.69) is 23.4 Å². The molecule has 4 rings (SSSR count). The molecule has 1 aliphatic heterocycles. The molecule has 2 heterocycles. The monoisotopic (exact) mass is 323 g/mol.